The van der Waals surface area contributed by atoms with Crippen LogP contribution in [0.1, 0.15) is 38.1 Å². The second-order valence-corrected chi connectivity index (χ2v) is 5.79. The highest BCUT2D eigenvalue weighted by atomic mass is 16.3. The second kappa shape index (κ2) is 4.31. The van der Waals surface area contributed by atoms with E-state index in [-0.39, 0.29) is 17.5 Å². The predicted octanol–water partition coefficient (Wildman–Crippen LogP) is 0.0525. The molecule has 3 rings (SSSR count). The minimum Gasteiger partial charge on any atom is -0.392 e. The molecular formula is C13H19N3O3. The molecule has 1 spiro atoms. The van der Waals surface area contributed by atoms with Crippen LogP contribution in [0.2, 0.25) is 0 Å². The largest absolute Gasteiger partial charge is 0.392 e. The van der Waals surface area contributed by atoms with Crippen LogP contribution >= 0.6 is 0 Å². The van der Waals surface area contributed by atoms with Gasteiger partial charge in [-0.2, -0.15) is 4.98 Å². The fourth-order valence-electron chi connectivity index (χ4n) is 3.77. The van der Waals surface area contributed by atoms with Gasteiger partial charge in [-0.1, -0.05) is 6.42 Å². The highest BCUT2D eigenvalue weighted by Gasteiger charge is 2.53. The maximum absolute atomic E-state index is 11.8. The monoisotopic (exact) mass is 265 g/mol. The number of aliphatic hydroxyl groups is 2. The van der Waals surface area contributed by atoms with Gasteiger partial charge in [-0.25, -0.2) is 4.79 Å². The average molecular weight is 265 g/mol. The Kier molecular flexibility index (Phi) is 2.87. The Balaban J connectivity index is 1.91. The summed E-state index contributed by atoms with van der Waals surface area (Å²) in [5, 5.41) is 20.5. The van der Waals surface area contributed by atoms with Crippen LogP contribution in [0.15, 0.2) is 17.1 Å². The number of hydrogen-bond acceptors (Lipinski definition) is 5. The number of nitrogens with zero attached hydrogens (tertiary/aromatic N) is 2. The van der Waals surface area contributed by atoms with Crippen molar-refractivity contribution in [1.29, 1.82) is 0 Å². The van der Waals surface area contributed by atoms with Crippen molar-refractivity contribution in [3.8, 4) is 0 Å². The van der Waals surface area contributed by atoms with E-state index in [1.54, 1.807) is 12.3 Å². The zero-order chi connectivity index (χ0) is 13.6. The Bertz CT molecular complexity index is 544. The summed E-state index contributed by atoms with van der Waals surface area (Å²) in [7, 11) is 0. The third-order valence-electron chi connectivity index (χ3n) is 4.80. The topological polar surface area (TPSA) is 101 Å². The van der Waals surface area contributed by atoms with Gasteiger partial charge >= 0.3 is 5.69 Å². The van der Waals surface area contributed by atoms with Crippen molar-refractivity contribution in [2.75, 3.05) is 5.73 Å². The zero-order valence-corrected chi connectivity index (χ0v) is 10.7. The molecule has 104 valence electrons. The van der Waals surface area contributed by atoms with Crippen molar-refractivity contribution in [3.63, 3.8) is 0 Å². The van der Waals surface area contributed by atoms with E-state index in [9.17, 15) is 15.0 Å². The van der Waals surface area contributed by atoms with Crippen molar-refractivity contribution < 1.29 is 10.2 Å². The molecule has 0 bridgehead atoms. The van der Waals surface area contributed by atoms with E-state index in [0.29, 0.717) is 12.8 Å². The molecular weight excluding hydrogens is 246 g/mol. The van der Waals surface area contributed by atoms with Gasteiger partial charge in [-0.05, 0) is 31.7 Å². The number of aliphatic hydroxyl groups excluding tert-OH is 2. The normalized spacial score (nSPS) is 38.1. The van der Waals surface area contributed by atoms with Gasteiger partial charge in [0.05, 0.1) is 12.2 Å². The predicted molar refractivity (Wildman–Crippen MR) is 69.5 cm³/mol. The quantitative estimate of drug-likeness (QED) is 0.666. The molecule has 0 amide bonds. The maximum atomic E-state index is 11.8. The lowest BCUT2D eigenvalue weighted by molar-refractivity contribution is -0.0302. The SMILES string of the molecule is Nc1ccn([C@H]2C[C@H](O)[C@@]3(CCC[C@H]3O)C2)c(=O)n1. The van der Waals surface area contributed by atoms with E-state index in [4.69, 9.17) is 5.73 Å². The van der Waals surface area contributed by atoms with Crippen molar-refractivity contribution in [1.82, 2.24) is 9.55 Å². The van der Waals surface area contributed by atoms with E-state index in [1.165, 1.54) is 4.57 Å². The molecule has 4 atom stereocenters. The fraction of sp³-hybridized carbons (Fsp3) is 0.692. The van der Waals surface area contributed by atoms with Gasteiger partial charge in [0.25, 0.3) is 0 Å². The number of hydrogen-bond donors (Lipinski definition) is 3. The Morgan fingerprint density at radius 2 is 2.21 bits per heavy atom. The molecule has 2 aliphatic carbocycles. The molecule has 4 N–H and O–H groups in total. The number of nitrogens with two attached hydrogens (primary N) is 1. The van der Waals surface area contributed by atoms with Gasteiger partial charge in [0.15, 0.2) is 0 Å². The first-order valence-corrected chi connectivity index (χ1v) is 6.74. The van der Waals surface area contributed by atoms with Crippen LogP contribution in [0, 0.1) is 5.41 Å². The van der Waals surface area contributed by atoms with Crippen LogP contribution < -0.4 is 11.4 Å². The van der Waals surface area contributed by atoms with Crippen molar-refractivity contribution >= 4 is 5.82 Å². The lowest BCUT2D eigenvalue weighted by Gasteiger charge is -2.31. The second-order valence-electron chi connectivity index (χ2n) is 5.79. The summed E-state index contributed by atoms with van der Waals surface area (Å²) in [6.07, 6.45) is 4.21. The minimum atomic E-state index is -0.556. The standard InChI is InChI=1S/C13H19N3O3/c14-11-3-5-16(12(19)15-11)8-6-10(18)13(7-8)4-1-2-9(13)17/h3,5,8-10,17-18H,1-2,4,6-7H2,(H2,14,15,19)/t8-,9+,10-,13-/m0/s1. The summed E-state index contributed by atoms with van der Waals surface area (Å²) in [4.78, 5) is 15.6. The number of nitrogen functional groups attached to an aromatic ring is 1. The lowest BCUT2D eigenvalue weighted by Crippen LogP contribution is -2.37. The molecule has 0 radical (unpaired) electrons. The summed E-state index contributed by atoms with van der Waals surface area (Å²) in [6.45, 7) is 0. The summed E-state index contributed by atoms with van der Waals surface area (Å²) >= 11 is 0. The van der Waals surface area contributed by atoms with Gasteiger partial charge in [0.2, 0.25) is 0 Å². The van der Waals surface area contributed by atoms with Gasteiger partial charge < -0.3 is 15.9 Å². The van der Waals surface area contributed by atoms with Crippen LogP contribution in [-0.2, 0) is 0 Å². The molecule has 0 aromatic carbocycles. The first-order chi connectivity index (χ1) is 9.03. The van der Waals surface area contributed by atoms with E-state index in [1.807, 2.05) is 0 Å². The molecule has 6 heteroatoms. The van der Waals surface area contributed by atoms with E-state index in [0.717, 1.165) is 19.3 Å². The maximum Gasteiger partial charge on any atom is 0.349 e. The van der Waals surface area contributed by atoms with Gasteiger partial charge in [0, 0.05) is 17.7 Å². The molecule has 2 fully saturated rings. The van der Waals surface area contributed by atoms with Crippen molar-refractivity contribution in [2.45, 2.75) is 50.4 Å². The minimum absolute atomic E-state index is 0.108. The van der Waals surface area contributed by atoms with Crippen LogP contribution in [0.3, 0.4) is 0 Å². The molecule has 0 unspecified atom stereocenters. The number of rotatable bonds is 1. The van der Waals surface area contributed by atoms with Gasteiger partial charge in [-0.3, -0.25) is 4.57 Å². The van der Waals surface area contributed by atoms with Crippen LogP contribution in [-0.4, -0.2) is 32.0 Å². The number of aromatic nitrogens is 2. The molecule has 1 heterocycles. The molecule has 6 nitrogen and oxygen atoms in total. The van der Waals surface area contributed by atoms with Crippen molar-refractivity contribution in [2.24, 2.45) is 5.41 Å². The molecule has 1 aromatic rings. The summed E-state index contributed by atoms with van der Waals surface area (Å²) in [5.41, 5.74) is 4.65. The first-order valence-electron chi connectivity index (χ1n) is 6.74. The van der Waals surface area contributed by atoms with E-state index >= 15 is 0 Å². The molecule has 1 aromatic heterocycles. The molecule has 0 aliphatic heterocycles. The van der Waals surface area contributed by atoms with Crippen LogP contribution in [0.25, 0.3) is 0 Å². The third kappa shape index (κ3) is 1.86. The Morgan fingerprint density at radius 3 is 2.84 bits per heavy atom. The molecule has 19 heavy (non-hydrogen) atoms. The summed E-state index contributed by atoms with van der Waals surface area (Å²) < 4.78 is 1.53. The number of anilines is 1. The van der Waals surface area contributed by atoms with Crippen LogP contribution in [0.4, 0.5) is 5.82 Å². The van der Waals surface area contributed by atoms with Gasteiger partial charge in [0.1, 0.15) is 5.82 Å². The highest BCUT2D eigenvalue weighted by Crippen LogP contribution is 2.53. The third-order valence-corrected chi connectivity index (χ3v) is 4.80. The molecule has 2 aliphatic rings. The fourth-order valence-corrected chi connectivity index (χ4v) is 3.77. The van der Waals surface area contributed by atoms with E-state index in [2.05, 4.69) is 4.98 Å². The Hall–Kier alpha value is -1.40. The Morgan fingerprint density at radius 1 is 1.42 bits per heavy atom. The Labute approximate surface area is 110 Å². The summed E-state index contributed by atoms with van der Waals surface area (Å²) in [6, 6.07) is 1.48. The highest BCUT2D eigenvalue weighted by molar-refractivity contribution is 5.23. The lowest BCUT2D eigenvalue weighted by atomic mass is 9.80. The zero-order valence-electron chi connectivity index (χ0n) is 10.7. The summed E-state index contributed by atoms with van der Waals surface area (Å²) in [5.74, 6) is 0.204. The van der Waals surface area contributed by atoms with Gasteiger partial charge in [-0.15, -0.1) is 0 Å². The van der Waals surface area contributed by atoms with Crippen LogP contribution in [0.5, 0.6) is 0 Å². The molecule has 0 saturated heterocycles. The van der Waals surface area contributed by atoms with Crippen molar-refractivity contribution in [3.05, 3.63) is 22.7 Å². The smallest absolute Gasteiger partial charge is 0.349 e. The van der Waals surface area contributed by atoms with E-state index < -0.39 is 17.6 Å². The molecule has 2 saturated carbocycles. The first kappa shape index (κ1) is 12.6. The average Bonchev–Trinajstić information content (AvgIpc) is 2.86.